The van der Waals surface area contributed by atoms with Gasteiger partial charge >= 0.3 is 0 Å². The molecule has 1 aliphatic carbocycles. The Balaban J connectivity index is 2.08. The fraction of sp³-hybridized carbons (Fsp3) is 0.357. The number of Topliss-reactive ketones (excluding diaryl/α,β-unsaturated/α-hetero) is 1. The minimum absolute atomic E-state index is 0.0902. The molecule has 0 radical (unpaired) electrons. The Morgan fingerprint density at radius 1 is 1.40 bits per heavy atom. The first-order valence-corrected chi connectivity index (χ1v) is 7.13. The fourth-order valence-electron chi connectivity index (χ4n) is 2.25. The lowest BCUT2D eigenvalue weighted by Gasteiger charge is -2.26. The van der Waals surface area contributed by atoms with Gasteiger partial charge < -0.3 is 4.98 Å². The maximum absolute atomic E-state index is 13.3. The first-order valence-electron chi connectivity index (χ1n) is 6.31. The summed E-state index contributed by atoms with van der Waals surface area (Å²) in [5, 5.41) is 0.566. The van der Waals surface area contributed by atoms with Crippen molar-refractivity contribution in [1.29, 1.82) is 0 Å². The fourth-order valence-corrected chi connectivity index (χ4v) is 3.47. The predicted octanol–water partition coefficient (Wildman–Crippen LogP) is 2.79. The van der Waals surface area contributed by atoms with Crippen molar-refractivity contribution in [1.82, 2.24) is 9.97 Å². The molecule has 3 rings (SSSR count). The summed E-state index contributed by atoms with van der Waals surface area (Å²) in [6.45, 7) is 3.86. The largest absolute Gasteiger partial charge is 0.326 e. The zero-order valence-electron chi connectivity index (χ0n) is 11.1. The van der Waals surface area contributed by atoms with Gasteiger partial charge in [0.25, 0.3) is 5.56 Å². The molecule has 0 aromatic carbocycles. The number of H-pyrrole nitrogens is 1. The summed E-state index contributed by atoms with van der Waals surface area (Å²) in [5.74, 6) is -0.755. The number of fused-ring (bicyclic) bond motifs is 1. The molecule has 0 saturated carbocycles. The second-order valence-corrected chi connectivity index (χ2v) is 6.57. The molecule has 20 heavy (non-hydrogen) atoms. The summed E-state index contributed by atoms with van der Waals surface area (Å²) in [6.07, 6.45) is 2.93. The molecule has 0 atom stereocenters. The van der Waals surface area contributed by atoms with Gasteiger partial charge in [-0.05, 0) is 18.9 Å². The number of ketones is 1. The number of carbonyl (C=O) groups excluding carboxylic acids is 1. The average Bonchev–Trinajstić information content (AvgIpc) is 2.82. The topological polar surface area (TPSA) is 62.8 Å². The van der Waals surface area contributed by atoms with E-state index in [-0.39, 0.29) is 11.2 Å². The molecule has 104 valence electrons. The number of aromatic nitrogens is 2. The molecule has 4 nitrogen and oxygen atoms in total. The molecule has 6 heteroatoms. The predicted molar refractivity (Wildman–Crippen MR) is 74.6 cm³/mol. The van der Waals surface area contributed by atoms with E-state index >= 15 is 0 Å². The standard InChI is InChI=1S/C14H13FN2O2S/c1-14(2)4-3-9-10(11(14)18)20-13(17-9)7-5-8(15)12(19)16-6-7/h5-6H,3-4H2,1-2H3,(H,16,19). The van der Waals surface area contributed by atoms with E-state index in [4.69, 9.17) is 0 Å². The molecule has 2 aromatic heterocycles. The van der Waals surface area contributed by atoms with Crippen LogP contribution in [-0.4, -0.2) is 15.8 Å². The second kappa shape index (κ2) is 4.34. The lowest BCUT2D eigenvalue weighted by molar-refractivity contribution is 0.0815. The highest BCUT2D eigenvalue weighted by Crippen LogP contribution is 2.39. The summed E-state index contributed by atoms with van der Waals surface area (Å²) < 4.78 is 13.3. The van der Waals surface area contributed by atoms with Crippen LogP contribution in [0.5, 0.6) is 0 Å². The molecule has 0 aliphatic heterocycles. The Hall–Kier alpha value is -1.82. The Kier molecular flexibility index (Phi) is 2.86. The van der Waals surface area contributed by atoms with Gasteiger partial charge in [0.15, 0.2) is 11.6 Å². The van der Waals surface area contributed by atoms with Gasteiger partial charge in [-0.1, -0.05) is 13.8 Å². The van der Waals surface area contributed by atoms with Crippen LogP contribution in [0, 0.1) is 11.2 Å². The molecule has 0 amide bonds. The third-order valence-corrected chi connectivity index (χ3v) is 4.76. The van der Waals surface area contributed by atoms with Crippen molar-refractivity contribution in [2.45, 2.75) is 26.7 Å². The molecular weight excluding hydrogens is 279 g/mol. The van der Waals surface area contributed by atoms with Crippen LogP contribution in [0.2, 0.25) is 0 Å². The van der Waals surface area contributed by atoms with E-state index < -0.39 is 11.4 Å². The number of carbonyl (C=O) groups is 1. The third kappa shape index (κ3) is 2.00. The van der Waals surface area contributed by atoms with Crippen LogP contribution < -0.4 is 5.56 Å². The van der Waals surface area contributed by atoms with Gasteiger partial charge in [0.2, 0.25) is 0 Å². The van der Waals surface area contributed by atoms with E-state index in [1.54, 1.807) is 0 Å². The van der Waals surface area contributed by atoms with Crippen molar-refractivity contribution in [3.8, 4) is 10.6 Å². The maximum Gasteiger partial charge on any atom is 0.283 e. The Morgan fingerprint density at radius 3 is 2.85 bits per heavy atom. The maximum atomic E-state index is 13.3. The van der Waals surface area contributed by atoms with Crippen molar-refractivity contribution in [3.63, 3.8) is 0 Å². The van der Waals surface area contributed by atoms with Crippen LogP contribution in [0.15, 0.2) is 17.1 Å². The number of aromatic amines is 1. The molecular formula is C14H13FN2O2S. The summed E-state index contributed by atoms with van der Waals surface area (Å²) in [5.41, 5.74) is 0.146. The number of aryl methyl sites for hydroxylation is 1. The highest BCUT2D eigenvalue weighted by Gasteiger charge is 2.36. The number of hydrogen-bond acceptors (Lipinski definition) is 4. The molecule has 1 N–H and O–H groups in total. The van der Waals surface area contributed by atoms with E-state index in [1.807, 2.05) is 13.8 Å². The second-order valence-electron chi connectivity index (χ2n) is 5.57. The Bertz CT molecular complexity index is 761. The number of nitrogens with one attached hydrogen (secondary N) is 1. The van der Waals surface area contributed by atoms with Gasteiger partial charge in [-0.2, -0.15) is 0 Å². The normalized spacial score (nSPS) is 17.1. The number of rotatable bonds is 1. The third-order valence-electron chi connectivity index (χ3n) is 3.61. The number of halogens is 1. The zero-order valence-corrected chi connectivity index (χ0v) is 11.9. The molecule has 0 unspecified atom stereocenters. The number of nitrogens with zero attached hydrogens (tertiary/aromatic N) is 1. The summed E-state index contributed by atoms with van der Waals surface area (Å²) >= 11 is 1.26. The monoisotopic (exact) mass is 292 g/mol. The molecule has 2 aromatic rings. The van der Waals surface area contributed by atoms with E-state index in [0.717, 1.165) is 24.6 Å². The van der Waals surface area contributed by atoms with E-state index in [2.05, 4.69) is 9.97 Å². The smallest absolute Gasteiger partial charge is 0.283 e. The van der Waals surface area contributed by atoms with E-state index in [0.29, 0.717) is 15.4 Å². The van der Waals surface area contributed by atoms with Gasteiger partial charge in [0.05, 0.1) is 10.6 Å². The van der Waals surface area contributed by atoms with Gasteiger partial charge in [-0.15, -0.1) is 11.3 Å². The van der Waals surface area contributed by atoms with Crippen LogP contribution in [0.4, 0.5) is 4.39 Å². The SMILES string of the molecule is CC1(C)CCc2nc(-c3c[nH]c(=O)c(F)c3)sc2C1=O. The summed E-state index contributed by atoms with van der Waals surface area (Å²) in [7, 11) is 0. The average molecular weight is 292 g/mol. The molecule has 0 saturated heterocycles. The molecule has 1 aliphatic rings. The zero-order chi connectivity index (χ0) is 14.5. The summed E-state index contributed by atoms with van der Waals surface area (Å²) in [6, 6.07) is 1.15. The minimum atomic E-state index is -0.845. The van der Waals surface area contributed by atoms with E-state index in [9.17, 15) is 14.0 Å². The Morgan fingerprint density at radius 2 is 2.15 bits per heavy atom. The van der Waals surface area contributed by atoms with Crippen LogP contribution in [0.3, 0.4) is 0 Å². The number of thiazole rings is 1. The van der Waals surface area contributed by atoms with Crippen LogP contribution >= 0.6 is 11.3 Å². The van der Waals surface area contributed by atoms with Crippen molar-refractivity contribution in [3.05, 3.63) is 39.0 Å². The van der Waals surface area contributed by atoms with Gasteiger partial charge in [-0.25, -0.2) is 9.37 Å². The van der Waals surface area contributed by atoms with E-state index in [1.165, 1.54) is 17.5 Å². The molecule has 0 fully saturated rings. The van der Waals surface area contributed by atoms with Crippen molar-refractivity contribution in [2.24, 2.45) is 5.41 Å². The number of pyridine rings is 1. The Labute approximate surface area is 118 Å². The minimum Gasteiger partial charge on any atom is -0.326 e. The lowest BCUT2D eigenvalue weighted by atomic mass is 9.78. The first-order chi connectivity index (χ1) is 9.38. The molecule has 0 spiro atoms. The van der Waals surface area contributed by atoms with Crippen LogP contribution in [0.25, 0.3) is 10.6 Å². The molecule has 2 heterocycles. The van der Waals surface area contributed by atoms with Gasteiger partial charge in [-0.3, -0.25) is 9.59 Å². The van der Waals surface area contributed by atoms with Crippen molar-refractivity contribution >= 4 is 17.1 Å². The first kappa shape index (κ1) is 13.2. The van der Waals surface area contributed by atoms with Crippen molar-refractivity contribution in [2.75, 3.05) is 0 Å². The highest BCUT2D eigenvalue weighted by molar-refractivity contribution is 7.17. The quantitative estimate of drug-likeness (QED) is 0.879. The molecule has 0 bridgehead atoms. The van der Waals surface area contributed by atoms with Crippen LogP contribution in [-0.2, 0) is 6.42 Å². The highest BCUT2D eigenvalue weighted by atomic mass is 32.1. The van der Waals surface area contributed by atoms with Crippen LogP contribution in [0.1, 0.15) is 35.6 Å². The summed E-state index contributed by atoms with van der Waals surface area (Å²) in [4.78, 5) is 30.8. The van der Waals surface area contributed by atoms with Gasteiger partial charge in [0, 0.05) is 17.2 Å². The van der Waals surface area contributed by atoms with Gasteiger partial charge in [0.1, 0.15) is 5.01 Å². The van der Waals surface area contributed by atoms with Crippen molar-refractivity contribution < 1.29 is 9.18 Å². The number of hydrogen-bond donors (Lipinski definition) is 1. The lowest BCUT2D eigenvalue weighted by Crippen LogP contribution is -2.29.